The van der Waals surface area contributed by atoms with Gasteiger partial charge in [-0.3, -0.25) is 9.79 Å². The smallest absolute Gasteiger partial charge is 0.284 e. The Labute approximate surface area is 129 Å². The first-order valence-corrected chi connectivity index (χ1v) is 7.08. The maximum atomic E-state index is 11.0. The van der Waals surface area contributed by atoms with Gasteiger partial charge < -0.3 is 29.8 Å². The summed E-state index contributed by atoms with van der Waals surface area (Å²) in [6.45, 7) is 3.06. The predicted octanol–water partition coefficient (Wildman–Crippen LogP) is -0.199. The summed E-state index contributed by atoms with van der Waals surface area (Å²) < 4.78 is 16.1. The fraction of sp³-hybridized carbons (Fsp3) is 0.571. The first-order valence-electron chi connectivity index (χ1n) is 7.08. The van der Waals surface area contributed by atoms with Gasteiger partial charge in [-0.05, 0) is 12.1 Å². The van der Waals surface area contributed by atoms with E-state index in [0.29, 0.717) is 32.1 Å². The van der Waals surface area contributed by atoms with Crippen LogP contribution in [0.3, 0.4) is 0 Å². The van der Waals surface area contributed by atoms with Gasteiger partial charge in [0.25, 0.3) is 5.91 Å². The lowest BCUT2D eigenvalue weighted by molar-refractivity contribution is -0.0447. The molecule has 1 amide bonds. The average Bonchev–Trinajstić information content (AvgIpc) is 2.98. The number of carbonyl (C=O) groups is 1. The Balaban J connectivity index is 1.90. The molecule has 1 aromatic rings. The van der Waals surface area contributed by atoms with E-state index in [1.165, 1.54) is 0 Å². The van der Waals surface area contributed by atoms with E-state index in [0.717, 1.165) is 12.5 Å². The minimum Gasteiger partial charge on any atom is -0.454 e. The summed E-state index contributed by atoms with van der Waals surface area (Å²) in [5.41, 5.74) is 5.16. The number of aliphatic imine (C=N–C) groups is 1. The second-order valence-corrected chi connectivity index (χ2v) is 4.93. The quantitative estimate of drug-likeness (QED) is 0.577. The molecule has 8 heteroatoms. The van der Waals surface area contributed by atoms with Crippen molar-refractivity contribution in [2.45, 2.75) is 12.6 Å². The van der Waals surface area contributed by atoms with Crippen molar-refractivity contribution in [1.82, 2.24) is 10.2 Å². The number of rotatable bonds is 5. The van der Waals surface area contributed by atoms with Gasteiger partial charge in [0.15, 0.2) is 11.7 Å². The van der Waals surface area contributed by atoms with E-state index in [2.05, 4.69) is 15.2 Å². The van der Waals surface area contributed by atoms with Gasteiger partial charge >= 0.3 is 0 Å². The van der Waals surface area contributed by atoms with Crippen molar-refractivity contribution in [2.24, 2.45) is 10.7 Å². The van der Waals surface area contributed by atoms with Crippen molar-refractivity contribution in [3.8, 4) is 0 Å². The third-order valence-corrected chi connectivity index (χ3v) is 3.33. The zero-order valence-electron chi connectivity index (χ0n) is 12.9. The molecular formula is C14H22N4O4. The molecule has 1 unspecified atom stereocenters. The van der Waals surface area contributed by atoms with E-state index in [1.54, 1.807) is 26.3 Å². The maximum absolute atomic E-state index is 11.0. The molecule has 0 aliphatic carbocycles. The van der Waals surface area contributed by atoms with Gasteiger partial charge in [-0.25, -0.2) is 0 Å². The number of primary amides is 1. The molecule has 3 N–H and O–H groups in total. The molecule has 2 heterocycles. The third-order valence-electron chi connectivity index (χ3n) is 3.33. The number of nitrogens with two attached hydrogens (primary N) is 1. The molecule has 1 aliphatic rings. The summed E-state index contributed by atoms with van der Waals surface area (Å²) in [6.07, 6.45) is 0.0300. The fourth-order valence-electron chi connectivity index (χ4n) is 2.30. The Morgan fingerprint density at radius 2 is 2.41 bits per heavy atom. The van der Waals surface area contributed by atoms with Gasteiger partial charge in [0.1, 0.15) is 5.76 Å². The van der Waals surface area contributed by atoms with Gasteiger partial charge in [-0.2, -0.15) is 0 Å². The van der Waals surface area contributed by atoms with Crippen LogP contribution in [0.5, 0.6) is 0 Å². The number of guanidine groups is 1. The highest BCUT2D eigenvalue weighted by atomic mass is 16.5. The SMILES string of the molecule is CN=C(NCc1ccc(C(N)=O)o1)N1CCOC(COC)C1. The highest BCUT2D eigenvalue weighted by Gasteiger charge is 2.22. The summed E-state index contributed by atoms with van der Waals surface area (Å²) in [5, 5.41) is 3.20. The van der Waals surface area contributed by atoms with E-state index >= 15 is 0 Å². The minimum atomic E-state index is -0.578. The highest BCUT2D eigenvalue weighted by molar-refractivity contribution is 5.89. The van der Waals surface area contributed by atoms with Crippen LogP contribution >= 0.6 is 0 Å². The topological polar surface area (TPSA) is 102 Å². The minimum absolute atomic E-state index is 0.0300. The van der Waals surface area contributed by atoms with Gasteiger partial charge in [0.05, 0.1) is 25.9 Å². The molecule has 0 aromatic carbocycles. The number of amides is 1. The fourth-order valence-corrected chi connectivity index (χ4v) is 2.30. The van der Waals surface area contributed by atoms with E-state index in [4.69, 9.17) is 19.6 Å². The summed E-state index contributed by atoms with van der Waals surface area (Å²) in [4.78, 5) is 17.4. The van der Waals surface area contributed by atoms with Crippen molar-refractivity contribution < 1.29 is 18.7 Å². The molecule has 22 heavy (non-hydrogen) atoms. The number of morpholine rings is 1. The van der Waals surface area contributed by atoms with Crippen molar-refractivity contribution in [3.63, 3.8) is 0 Å². The molecule has 1 saturated heterocycles. The Kier molecular flexibility index (Phi) is 5.79. The largest absolute Gasteiger partial charge is 0.454 e. The number of hydrogen-bond donors (Lipinski definition) is 2. The molecule has 2 rings (SSSR count). The average molecular weight is 310 g/mol. The zero-order chi connectivity index (χ0) is 15.9. The molecule has 0 saturated carbocycles. The molecule has 1 aromatic heterocycles. The van der Waals surface area contributed by atoms with Crippen molar-refractivity contribution in [1.29, 1.82) is 0 Å². The normalized spacial score (nSPS) is 19.3. The molecule has 1 atom stereocenters. The highest BCUT2D eigenvalue weighted by Crippen LogP contribution is 2.09. The Morgan fingerprint density at radius 3 is 3.05 bits per heavy atom. The molecule has 0 radical (unpaired) electrons. The van der Waals surface area contributed by atoms with E-state index < -0.39 is 5.91 Å². The Bertz CT molecular complexity index is 527. The zero-order valence-corrected chi connectivity index (χ0v) is 12.9. The molecule has 122 valence electrons. The maximum Gasteiger partial charge on any atom is 0.284 e. The number of nitrogens with zero attached hydrogens (tertiary/aromatic N) is 2. The van der Waals surface area contributed by atoms with Crippen LogP contribution in [0.1, 0.15) is 16.3 Å². The third kappa shape index (κ3) is 4.22. The van der Waals surface area contributed by atoms with Crippen LogP contribution in [0, 0.1) is 0 Å². The number of nitrogens with one attached hydrogen (secondary N) is 1. The van der Waals surface area contributed by atoms with Crippen LogP contribution < -0.4 is 11.1 Å². The molecular weight excluding hydrogens is 288 g/mol. The van der Waals surface area contributed by atoms with E-state index in [1.807, 2.05) is 0 Å². The summed E-state index contributed by atoms with van der Waals surface area (Å²) in [5.74, 6) is 0.947. The Morgan fingerprint density at radius 1 is 1.59 bits per heavy atom. The van der Waals surface area contributed by atoms with Crippen molar-refractivity contribution in [3.05, 3.63) is 23.7 Å². The molecule has 1 aliphatic heterocycles. The number of furan rings is 1. The lowest BCUT2D eigenvalue weighted by Gasteiger charge is -2.34. The molecule has 8 nitrogen and oxygen atoms in total. The summed E-state index contributed by atoms with van der Waals surface area (Å²) >= 11 is 0. The van der Waals surface area contributed by atoms with E-state index in [-0.39, 0.29) is 11.9 Å². The summed E-state index contributed by atoms with van der Waals surface area (Å²) in [6, 6.07) is 3.28. The van der Waals surface area contributed by atoms with Crippen LogP contribution in [-0.4, -0.2) is 63.3 Å². The lowest BCUT2D eigenvalue weighted by Crippen LogP contribution is -2.51. The van der Waals surface area contributed by atoms with Crippen LogP contribution in [0.25, 0.3) is 0 Å². The van der Waals surface area contributed by atoms with E-state index in [9.17, 15) is 4.79 Å². The van der Waals surface area contributed by atoms with Crippen molar-refractivity contribution in [2.75, 3.05) is 40.5 Å². The number of ether oxygens (including phenoxy) is 2. The number of hydrogen-bond acceptors (Lipinski definition) is 5. The Hall–Kier alpha value is -2.06. The molecule has 1 fully saturated rings. The van der Waals surface area contributed by atoms with Gasteiger partial charge in [0, 0.05) is 27.2 Å². The van der Waals surface area contributed by atoms with Crippen LogP contribution in [0.2, 0.25) is 0 Å². The predicted molar refractivity (Wildman–Crippen MR) is 80.6 cm³/mol. The van der Waals surface area contributed by atoms with Gasteiger partial charge in [-0.15, -0.1) is 0 Å². The van der Waals surface area contributed by atoms with Gasteiger partial charge in [0.2, 0.25) is 0 Å². The standard InChI is InChI=1S/C14H22N4O4/c1-16-14(18-5-6-21-11(8-18)9-20-2)17-7-10-3-4-12(22-10)13(15)19/h3-4,11H,5-9H2,1-2H3,(H2,15,19)(H,16,17). The monoisotopic (exact) mass is 310 g/mol. The number of carbonyl (C=O) groups excluding carboxylic acids is 1. The first kappa shape index (κ1) is 16.3. The van der Waals surface area contributed by atoms with Crippen LogP contribution in [0.15, 0.2) is 21.5 Å². The first-order chi connectivity index (χ1) is 10.6. The van der Waals surface area contributed by atoms with Gasteiger partial charge in [-0.1, -0.05) is 0 Å². The van der Waals surface area contributed by atoms with Crippen LogP contribution in [0.4, 0.5) is 0 Å². The second kappa shape index (κ2) is 7.81. The lowest BCUT2D eigenvalue weighted by atomic mass is 10.3. The molecule has 0 spiro atoms. The number of methoxy groups -OCH3 is 1. The van der Waals surface area contributed by atoms with Crippen LogP contribution in [-0.2, 0) is 16.0 Å². The molecule has 0 bridgehead atoms. The second-order valence-electron chi connectivity index (χ2n) is 4.93. The van der Waals surface area contributed by atoms with Crippen molar-refractivity contribution >= 4 is 11.9 Å². The summed E-state index contributed by atoms with van der Waals surface area (Å²) in [7, 11) is 3.38.